The third-order valence-corrected chi connectivity index (χ3v) is 6.43. The maximum absolute atomic E-state index is 4.55. The lowest BCUT2D eigenvalue weighted by Gasteiger charge is -2.29. The van der Waals surface area contributed by atoms with Gasteiger partial charge in [0.15, 0.2) is 0 Å². The van der Waals surface area contributed by atoms with Gasteiger partial charge in [-0.1, -0.05) is 6.07 Å². The molecule has 0 spiro atoms. The zero-order valence-corrected chi connectivity index (χ0v) is 17.5. The number of nitrogens with zero attached hydrogens (tertiary/aromatic N) is 4. The zero-order valence-electron chi connectivity index (χ0n) is 17.5. The summed E-state index contributed by atoms with van der Waals surface area (Å²) in [5.41, 5.74) is 8.83. The molecule has 6 rings (SSSR count). The Morgan fingerprint density at radius 2 is 1.87 bits per heavy atom. The molecule has 2 aliphatic heterocycles. The molecule has 5 heterocycles. The van der Waals surface area contributed by atoms with E-state index in [4.69, 9.17) is 0 Å². The van der Waals surface area contributed by atoms with Crippen LogP contribution in [0.2, 0.25) is 0 Å². The molecule has 0 saturated carbocycles. The summed E-state index contributed by atoms with van der Waals surface area (Å²) in [7, 11) is 0. The van der Waals surface area contributed by atoms with Crippen molar-refractivity contribution in [2.24, 2.45) is 0 Å². The molecule has 3 N–H and O–H groups in total. The molecule has 0 aliphatic carbocycles. The smallest absolute Gasteiger partial charge is 0.141 e. The summed E-state index contributed by atoms with van der Waals surface area (Å²) in [5, 5.41) is 16.2. The highest BCUT2D eigenvalue weighted by molar-refractivity contribution is 5.91. The first-order valence-corrected chi connectivity index (χ1v) is 10.9. The summed E-state index contributed by atoms with van der Waals surface area (Å²) >= 11 is 0. The van der Waals surface area contributed by atoms with Gasteiger partial charge in [-0.05, 0) is 55.5 Å². The standard InChI is InChI=1S/C24H25N7/c1-15-7-8-25-12-18(15)16-5-6-19-17(11-16)22(30-29-19)24-27-20-13-26-14-21(23(20)28-24)31-9-3-2-4-10-31/h5-8,11-14,24,27-28H,2-4,9-10H2,1H3,(H,29,30). The minimum Gasteiger partial charge on any atom is -0.369 e. The van der Waals surface area contributed by atoms with Crippen molar-refractivity contribution in [1.82, 2.24) is 20.2 Å². The lowest BCUT2D eigenvalue weighted by molar-refractivity contribution is 0.578. The van der Waals surface area contributed by atoms with Crippen LogP contribution >= 0.6 is 0 Å². The summed E-state index contributed by atoms with van der Waals surface area (Å²) in [4.78, 5) is 11.3. The van der Waals surface area contributed by atoms with Crippen LogP contribution in [-0.4, -0.2) is 33.3 Å². The van der Waals surface area contributed by atoms with E-state index in [9.17, 15) is 0 Å². The molecule has 0 bridgehead atoms. The SMILES string of the molecule is Cc1ccncc1-c1ccc2n[nH]c(C3Nc4cncc(N5CCCCC5)c4N3)c2c1. The summed E-state index contributed by atoms with van der Waals surface area (Å²) < 4.78 is 0. The van der Waals surface area contributed by atoms with E-state index in [1.54, 1.807) is 0 Å². The Kier molecular flexibility index (Phi) is 4.26. The van der Waals surface area contributed by atoms with E-state index < -0.39 is 0 Å². The maximum atomic E-state index is 4.55. The van der Waals surface area contributed by atoms with Crippen LogP contribution in [0.5, 0.6) is 0 Å². The molecular formula is C24H25N7. The molecule has 1 fully saturated rings. The summed E-state index contributed by atoms with van der Waals surface area (Å²) in [6.07, 6.45) is 11.3. The first kappa shape index (κ1) is 18.2. The van der Waals surface area contributed by atoms with Gasteiger partial charge < -0.3 is 15.5 Å². The largest absolute Gasteiger partial charge is 0.369 e. The highest BCUT2D eigenvalue weighted by atomic mass is 15.3. The van der Waals surface area contributed by atoms with E-state index in [1.807, 2.05) is 30.9 Å². The van der Waals surface area contributed by atoms with E-state index in [1.165, 1.54) is 30.5 Å². The third kappa shape index (κ3) is 3.08. The van der Waals surface area contributed by atoms with Crippen molar-refractivity contribution in [1.29, 1.82) is 0 Å². The van der Waals surface area contributed by atoms with E-state index in [0.29, 0.717) is 0 Å². The predicted octanol–water partition coefficient (Wildman–Crippen LogP) is 4.85. The second-order valence-electron chi connectivity index (χ2n) is 8.41. The number of anilines is 3. The van der Waals surface area contributed by atoms with Crippen molar-refractivity contribution in [3.8, 4) is 11.1 Å². The average Bonchev–Trinajstić information content (AvgIpc) is 3.43. The molecule has 1 unspecified atom stereocenters. The third-order valence-electron chi connectivity index (χ3n) is 6.43. The first-order chi connectivity index (χ1) is 15.3. The molecule has 0 amide bonds. The number of piperidine rings is 1. The van der Waals surface area contributed by atoms with Crippen molar-refractivity contribution < 1.29 is 0 Å². The number of H-pyrrole nitrogens is 1. The number of aryl methyl sites for hydroxylation is 1. The molecule has 2 aliphatic rings. The van der Waals surface area contributed by atoms with Gasteiger partial charge in [0.25, 0.3) is 0 Å². The number of rotatable bonds is 3. The van der Waals surface area contributed by atoms with Crippen LogP contribution < -0.4 is 15.5 Å². The topological polar surface area (TPSA) is 81.8 Å². The number of benzene rings is 1. The molecule has 4 aromatic rings. The second kappa shape index (κ2) is 7.27. The maximum Gasteiger partial charge on any atom is 0.141 e. The predicted molar refractivity (Wildman–Crippen MR) is 124 cm³/mol. The van der Waals surface area contributed by atoms with Crippen molar-refractivity contribution >= 4 is 28.0 Å². The normalized spacial score (nSPS) is 18.0. The quantitative estimate of drug-likeness (QED) is 0.447. The number of hydrogen-bond acceptors (Lipinski definition) is 6. The molecule has 7 heteroatoms. The highest BCUT2D eigenvalue weighted by Gasteiger charge is 2.28. The summed E-state index contributed by atoms with van der Waals surface area (Å²) in [6.45, 7) is 4.29. The fraction of sp³-hybridized carbons (Fsp3) is 0.292. The highest BCUT2D eigenvalue weighted by Crippen LogP contribution is 2.43. The van der Waals surface area contributed by atoms with E-state index in [-0.39, 0.29) is 6.17 Å². The van der Waals surface area contributed by atoms with Crippen LogP contribution in [0.15, 0.2) is 49.1 Å². The Morgan fingerprint density at radius 1 is 0.968 bits per heavy atom. The Labute approximate surface area is 180 Å². The van der Waals surface area contributed by atoms with Gasteiger partial charge >= 0.3 is 0 Å². The Bertz CT molecular complexity index is 1260. The lowest BCUT2D eigenvalue weighted by atomic mass is 10.0. The molecule has 1 saturated heterocycles. The summed E-state index contributed by atoms with van der Waals surface area (Å²) in [5.74, 6) is 0. The molecule has 3 aromatic heterocycles. The Balaban J connectivity index is 1.36. The minimum absolute atomic E-state index is 0.0852. The van der Waals surface area contributed by atoms with Crippen LogP contribution in [0.4, 0.5) is 17.1 Å². The van der Waals surface area contributed by atoms with Gasteiger partial charge in [0.05, 0.1) is 40.7 Å². The number of pyridine rings is 2. The lowest BCUT2D eigenvalue weighted by Crippen LogP contribution is -2.30. The van der Waals surface area contributed by atoms with Gasteiger partial charge in [-0.3, -0.25) is 15.1 Å². The van der Waals surface area contributed by atoms with Crippen LogP contribution in [0.3, 0.4) is 0 Å². The number of fused-ring (bicyclic) bond motifs is 2. The van der Waals surface area contributed by atoms with Crippen LogP contribution in [-0.2, 0) is 0 Å². The number of aromatic nitrogens is 4. The van der Waals surface area contributed by atoms with E-state index in [2.05, 4.69) is 60.8 Å². The first-order valence-electron chi connectivity index (χ1n) is 10.9. The number of aromatic amines is 1. The average molecular weight is 412 g/mol. The van der Waals surface area contributed by atoms with Gasteiger partial charge in [-0.15, -0.1) is 0 Å². The minimum atomic E-state index is -0.0852. The summed E-state index contributed by atoms with van der Waals surface area (Å²) in [6, 6.07) is 8.43. The van der Waals surface area contributed by atoms with Gasteiger partial charge in [0, 0.05) is 36.4 Å². The number of nitrogens with one attached hydrogen (secondary N) is 3. The molecule has 1 aromatic carbocycles. The molecule has 31 heavy (non-hydrogen) atoms. The molecule has 1 atom stereocenters. The molecule has 7 nitrogen and oxygen atoms in total. The molecule has 0 radical (unpaired) electrons. The fourth-order valence-electron chi connectivity index (χ4n) is 4.75. The van der Waals surface area contributed by atoms with Crippen molar-refractivity contribution in [3.05, 3.63) is 60.3 Å². The van der Waals surface area contributed by atoms with Gasteiger partial charge in [-0.25, -0.2) is 0 Å². The van der Waals surface area contributed by atoms with Gasteiger partial charge in [0.1, 0.15) is 6.17 Å². The van der Waals surface area contributed by atoms with E-state index >= 15 is 0 Å². The number of hydrogen-bond donors (Lipinski definition) is 3. The molecule has 156 valence electrons. The van der Waals surface area contributed by atoms with Crippen LogP contribution in [0.25, 0.3) is 22.0 Å². The van der Waals surface area contributed by atoms with Crippen LogP contribution in [0, 0.1) is 6.92 Å². The Hall–Kier alpha value is -3.61. The zero-order chi connectivity index (χ0) is 20.8. The van der Waals surface area contributed by atoms with Gasteiger partial charge in [0.2, 0.25) is 0 Å². The second-order valence-corrected chi connectivity index (χ2v) is 8.41. The van der Waals surface area contributed by atoms with Crippen molar-refractivity contribution in [2.45, 2.75) is 32.4 Å². The van der Waals surface area contributed by atoms with Crippen LogP contribution in [0.1, 0.15) is 36.7 Å². The Morgan fingerprint density at radius 3 is 2.74 bits per heavy atom. The van der Waals surface area contributed by atoms with Crippen molar-refractivity contribution in [2.75, 3.05) is 28.6 Å². The molecular weight excluding hydrogens is 386 g/mol. The van der Waals surface area contributed by atoms with E-state index in [0.717, 1.165) is 52.2 Å². The monoisotopic (exact) mass is 411 g/mol. The van der Waals surface area contributed by atoms with Gasteiger partial charge in [-0.2, -0.15) is 5.10 Å². The fourth-order valence-corrected chi connectivity index (χ4v) is 4.75. The van der Waals surface area contributed by atoms with Crippen molar-refractivity contribution in [3.63, 3.8) is 0 Å².